The molecular formula is C17H26FN. The van der Waals surface area contributed by atoms with Crippen molar-refractivity contribution in [1.82, 2.24) is 5.32 Å². The zero-order chi connectivity index (χ0) is 13.5. The van der Waals surface area contributed by atoms with Gasteiger partial charge in [-0.25, -0.2) is 4.39 Å². The van der Waals surface area contributed by atoms with Crippen LogP contribution in [0, 0.1) is 11.7 Å². The van der Waals surface area contributed by atoms with E-state index in [4.69, 9.17) is 0 Å². The van der Waals surface area contributed by atoms with Crippen LogP contribution in [0.1, 0.15) is 50.5 Å². The molecule has 19 heavy (non-hydrogen) atoms. The van der Waals surface area contributed by atoms with Crippen molar-refractivity contribution < 1.29 is 4.39 Å². The molecule has 0 saturated heterocycles. The van der Waals surface area contributed by atoms with Crippen molar-refractivity contribution in [3.8, 4) is 0 Å². The maximum absolute atomic E-state index is 13.7. The van der Waals surface area contributed by atoms with Crippen molar-refractivity contribution in [2.45, 2.75) is 57.4 Å². The van der Waals surface area contributed by atoms with Gasteiger partial charge in [0.05, 0.1) is 0 Å². The molecule has 1 unspecified atom stereocenters. The molecule has 1 aliphatic rings. The minimum Gasteiger partial charge on any atom is -0.317 e. The average molecular weight is 263 g/mol. The molecular weight excluding hydrogens is 237 g/mol. The van der Waals surface area contributed by atoms with Gasteiger partial charge in [-0.2, -0.15) is 0 Å². The Morgan fingerprint density at radius 3 is 2.47 bits per heavy atom. The summed E-state index contributed by atoms with van der Waals surface area (Å²) in [5.41, 5.74) is 0.843. The zero-order valence-corrected chi connectivity index (χ0v) is 12.0. The summed E-state index contributed by atoms with van der Waals surface area (Å²) in [5, 5.41) is 3.38. The largest absolute Gasteiger partial charge is 0.317 e. The highest BCUT2D eigenvalue weighted by atomic mass is 19.1. The van der Waals surface area contributed by atoms with Gasteiger partial charge < -0.3 is 5.32 Å². The predicted molar refractivity (Wildman–Crippen MR) is 78.8 cm³/mol. The Morgan fingerprint density at radius 2 is 1.84 bits per heavy atom. The van der Waals surface area contributed by atoms with Crippen molar-refractivity contribution in [3.63, 3.8) is 0 Å². The Kier molecular flexibility index (Phi) is 5.84. The normalized spacial score (nSPS) is 19.1. The molecule has 2 rings (SSSR count). The lowest BCUT2D eigenvalue weighted by atomic mass is 9.90. The van der Waals surface area contributed by atoms with Crippen molar-refractivity contribution in [2.75, 3.05) is 7.05 Å². The lowest BCUT2D eigenvalue weighted by molar-refractivity contribution is 0.359. The van der Waals surface area contributed by atoms with E-state index in [2.05, 4.69) is 5.32 Å². The fraction of sp³-hybridized carbons (Fsp3) is 0.647. The highest BCUT2D eigenvalue weighted by Crippen LogP contribution is 2.27. The molecule has 1 fully saturated rings. The fourth-order valence-corrected chi connectivity index (χ4v) is 3.23. The molecule has 1 N–H and O–H groups in total. The number of hydrogen-bond acceptors (Lipinski definition) is 1. The molecule has 1 aliphatic carbocycles. The number of likely N-dealkylation sites (N-methyl/N-ethyl adjacent to an activating group) is 1. The van der Waals surface area contributed by atoms with Crippen LogP contribution in [0.2, 0.25) is 0 Å². The summed E-state index contributed by atoms with van der Waals surface area (Å²) in [4.78, 5) is 0. The number of halogens is 1. The van der Waals surface area contributed by atoms with E-state index in [-0.39, 0.29) is 5.82 Å². The summed E-state index contributed by atoms with van der Waals surface area (Å²) in [7, 11) is 2.00. The first kappa shape index (κ1) is 14.5. The molecule has 0 aromatic heterocycles. The van der Waals surface area contributed by atoms with Gasteiger partial charge in [0.1, 0.15) is 5.82 Å². The van der Waals surface area contributed by atoms with Crippen molar-refractivity contribution in [2.24, 2.45) is 5.92 Å². The van der Waals surface area contributed by atoms with Crippen molar-refractivity contribution >= 4 is 0 Å². The minimum absolute atomic E-state index is 0.0661. The van der Waals surface area contributed by atoms with Gasteiger partial charge in [0.2, 0.25) is 0 Å². The second-order valence-electron chi connectivity index (χ2n) is 5.87. The summed E-state index contributed by atoms with van der Waals surface area (Å²) < 4.78 is 13.7. The van der Waals surface area contributed by atoms with Crippen LogP contribution < -0.4 is 5.32 Å². The Labute approximate surface area is 116 Å². The third-order valence-corrected chi connectivity index (χ3v) is 4.42. The van der Waals surface area contributed by atoms with Gasteiger partial charge in [0, 0.05) is 6.04 Å². The average Bonchev–Trinajstić information content (AvgIpc) is 2.69. The molecule has 0 spiro atoms. The third kappa shape index (κ3) is 4.61. The van der Waals surface area contributed by atoms with Crippen LogP contribution in [-0.2, 0) is 6.42 Å². The molecule has 0 amide bonds. The topological polar surface area (TPSA) is 12.0 Å². The molecule has 0 radical (unpaired) electrons. The van der Waals surface area contributed by atoms with E-state index in [1.54, 1.807) is 12.1 Å². The summed E-state index contributed by atoms with van der Waals surface area (Å²) >= 11 is 0. The van der Waals surface area contributed by atoms with Crippen molar-refractivity contribution in [3.05, 3.63) is 35.6 Å². The molecule has 0 aliphatic heterocycles. The van der Waals surface area contributed by atoms with Gasteiger partial charge in [0.15, 0.2) is 0 Å². The van der Waals surface area contributed by atoms with E-state index in [1.807, 2.05) is 19.2 Å². The molecule has 1 atom stereocenters. The van der Waals surface area contributed by atoms with Gasteiger partial charge in [-0.3, -0.25) is 0 Å². The Bertz CT molecular complexity index is 369. The first-order valence-corrected chi connectivity index (χ1v) is 7.70. The number of benzene rings is 1. The summed E-state index contributed by atoms with van der Waals surface area (Å²) in [5.74, 6) is 0.760. The molecule has 0 bridgehead atoms. The van der Waals surface area contributed by atoms with Gasteiger partial charge in [-0.15, -0.1) is 0 Å². The van der Waals surface area contributed by atoms with Crippen LogP contribution in [-0.4, -0.2) is 13.1 Å². The highest BCUT2D eigenvalue weighted by Gasteiger charge is 2.18. The molecule has 1 nitrogen and oxygen atoms in total. The highest BCUT2D eigenvalue weighted by molar-refractivity contribution is 5.18. The van der Waals surface area contributed by atoms with E-state index in [0.29, 0.717) is 6.04 Å². The Morgan fingerprint density at radius 1 is 1.16 bits per heavy atom. The molecule has 1 aromatic carbocycles. The van der Waals surface area contributed by atoms with Crippen LogP contribution in [0.4, 0.5) is 4.39 Å². The standard InChI is InChI=1S/C17H26FN/c1-19-16(12-14-8-4-2-3-5-9-14)13-15-10-6-7-11-17(15)18/h6-7,10-11,14,16,19H,2-5,8-9,12-13H2,1H3. The zero-order valence-electron chi connectivity index (χ0n) is 12.0. The van der Waals surface area contributed by atoms with Crippen LogP contribution in [0.15, 0.2) is 24.3 Å². The van der Waals surface area contributed by atoms with E-state index < -0.39 is 0 Å². The van der Waals surface area contributed by atoms with E-state index in [1.165, 1.54) is 44.9 Å². The molecule has 1 aromatic rings. The summed E-state index contributed by atoms with van der Waals surface area (Å²) in [6.07, 6.45) is 10.2. The van der Waals surface area contributed by atoms with Crippen molar-refractivity contribution in [1.29, 1.82) is 0 Å². The smallest absolute Gasteiger partial charge is 0.126 e. The maximum atomic E-state index is 13.7. The van der Waals surface area contributed by atoms with E-state index >= 15 is 0 Å². The SMILES string of the molecule is CNC(Cc1ccccc1F)CC1CCCCCC1. The van der Waals surface area contributed by atoms with Crippen LogP contribution in [0.3, 0.4) is 0 Å². The first-order chi connectivity index (χ1) is 9.29. The third-order valence-electron chi connectivity index (χ3n) is 4.42. The Balaban J connectivity index is 1.90. The molecule has 2 heteroatoms. The number of rotatable bonds is 5. The van der Waals surface area contributed by atoms with Gasteiger partial charge in [-0.1, -0.05) is 56.7 Å². The quantitative estimate of drug-likeness (QED) is 0.780. The second kappa shape index (κ2) is 7.64. The number of hydrogen-bond donors (Lipinski definition) is 1. The monoisotopic (exact) mass is 263 g/mol. The summed E-state index contributed by atoms with van der Waals surface area (Å²) in [6.45, 7) is 0. The van der Waals surface area contributed by atoms with Gasteiger partial charge in [-0.05, 0) is 37.4 Å². The van der Waals surface area contributed by atoms with E-state index in [9.17, 15) is 4.39 Å². The van der Waals surface area contributed by atoms with E-state index in [0.717, 1.165) is 17.9 Å². The van der Waals surface area contributed by atoms with Gasteiger partial charge >= 0.3 is 0 Å². The van der Waals surface area contributed by atoms with Gasteiger partial charge in [0.25, 0.3) is 0 Å². The minimum atomic E-state index is -0.0661. The van der Waals surface area contributed by atoms with Crippen LogP contribution in [0.5, 0.6) is 0 Å². The lowest BCUT2D eigenvalue weighted by Crippen LogP contribution is -2.30. The Hall–Kier alpha value is -0.890. The maximum Gasteiger partial charge on any atom is 0.126 e. The fourth-order valence-electron chi connectivity index (χ4n) is 3.23. The molecule has 106 valence electrons. The second-order valence-corrected chi connectivity index (χ2v) is 5.87. The molecule has 1 saturated carbocycles. The lowest BCUT2D eigenvalue weighted by Gasteiger charge is -2.22. The molecule has 0 heterocycles. The number of nitrogens with one attached hydrogen (secondary N) is 1. The first-order valence-electron chi connectivity index (χ1n) is 7.70. The predicted octanol–water partition coefficient (Wildman–Crippen LogP) is 4.32. The summed E-state index contributed by atoms with van der Waals surface area (Å²) in [6, 6.07) is 7.57. The van der Waals surface area contributed by atoms with Crippen LogP contribution >= 0.6 is 0 Å². The van der Waals surface area contributed by atoms with Crippen LogP contribution in [0.25, 0.3) is 0 Å².